The quantitative estimate of drug-likeness (QED) is 0.894. The van der Waals surface area contributed by atoms with E-state index < -0.39 is 5.60 Å². The molecule has 1 saturated carbocycles. The fraction of sp³-hybridized carbons (Fsp3) is 0.765. The van der Waals surface area contributed by atoms with Crippen molar-refractivity contribution in [2.24, 2.45) is 0 Å². The highest BCUT2D eigenvalue weighted by molar-refractivity contribution is 5.68. The van der Waals surface area contributed by atoms with Crippen molar-refractivity contribution in [1.82, 2.24) is 20.2 Å². The smallest absolute Gasteiger partial charge is 0.410 e. The number of carbonyl (C=O) groups excluding carboxylic acids is 1. The van der Waals surface area contributed by atoms with Gasteiger partial charge in [0.1, 0.15) is 11.4 Å². The van der Waals surface area contributed by atoms with E-state index in [4.69, 9.17) is 4.74 Å². The number of nitrogens with one attached hydrogen (secondary N) is 2. The molecule has 1 heterocycles. The van der Waals surface area contributed by atoms with E-state index in [-0.39, 0.29) is 12.1 Å². The van der Waals surface area contributed by atoms with Gasteiger partial charge in [0.05, 0.1) is 0 Å². The van der Waals surface area contributed by atoms with Crippen LogP contribution in [-0.2, 0) is 11.3 Å². The molecule has 1 amide bonds. The Morgan fingerprint density at radius 3 is 2.57 bits per heavy atom. The van der Waals surface area contributed by atoms with Gasteiger partial charge in [0, 0.05) is 37.6 Å². The normalized spacial score (nSPS) is 22.0. The Hall–Kier alpha value is -1.56. The molecule has 0 aromatic carbocycles. The molecule has 0 atom stereocenters. The zero-order valence-corrected chi connectivity index (χ0v) is 15.0. The summed E-state index contributed by atoms with van der Waals surface area (Å²) in [5.74, 6) is 0.949. The van der Waals surface area contributed by atoms with Crippen LogP contribution in [0.4, 0.5) is 4.79 Å². The second-order valence-corrected chi connectivity index (χ2v) is 7.47. The molecule has 6 heteroatoms. The highest BCUT2D eigenvalue weighted by Gasteiger charge is 2.29. The van der Waals surface area contributed by atoms with E-state index in [0.29, 0.717) is 6.04 Å². The topological polar surface area (TPSA) is 70.2 Å². The third kappa shape index (κ3) is 5.53. The SMILES string of the molecule is Cc1ncc(CNC2CCC(N(C)C(=O)OC(C)(C)C)CC2)[nH]1. The van der Waals surface area contributed by atoms with Crippen molar-refractivity contribution in [2.75, 3.05) is 7.05 Å². The summed E-state index contributed by atoms with van der Waals surface area (Å²) in [5.41, 5.74) is 0.683. The summed E-state index contributed by atoms with van der Waals surface area (Å²) >= 11 is 0. The summed E-state index contributed by atoms with van der Waals surface area (Å²) in [5, 5.41) is 3.57. The zero-order valence-electron chi connectivity index (χ0n) is 15.0. The highest BCUT2D eigenvalue weighted by Crippen LogP contribution is 2.24. The zero-order chi connectivity index (χ0) is 17.0. The van der Waals surface area contributed by atoms with Crippen molar-refractivity contribution in [3.05, 3.63) is 17.7 Å². The second kappa shape index (κ2) is 7.34. The summed E-state index contributed by atoms with van der Waals surface area (Å²) < 4.78 is 5.45. The molecule has 6 nitrogen and oxygen atoms in total. The summed E-state index contributed by atoms with van der Waals surface area (Å²) in [6, 6.07) is 0.777. The van der Waals surface area contributed by atoms with Crippen LogP contribution < -0.4 is 5.32 Å². The number of nitrogens with zero attached hydrogens (tertiary/aromatic N) is 2. The molecule has 0 bridgehead atoms. The molecule has 0 aliphatic heterocycles. The predicted octanol–water partition coefficient (Wildman–Crippen LogP) is 2.99. The van der Waals surface area contributed by atoms with Crippen LogP contribution in [-0.4, -0.2) is 45.7 Å². The van der Waals surface area contributed by atoms with Gasteiger partial charge in [-0.25, -0.2) is 9.78 Å². The molecule has 1 fully saturated rings. The van der Waals surface area contributed by atoms with Gasteiger partial charge in [-0.05, 0) is 53.4 Å². The maximum Gasteiger partial charge on any atom is 0.410 e. The molecule has 23 heavy (non-hydrogen) atoms. The minimum Gasteiger partial charge on any atom is -0.444 e. The number of rotatable bonds is 4. The minimum absolute atomic E-state index is 0.221. The summed E-state index contributed by atoms with van der Waals surface area (Å²) in [6.45, 7) is 8.48. The summed E-state index contributed by atoms with van der Waals surface area (Å²) in [7, 11) is 1.85. The lowest BCUT2D eigenvalue weighted by molar-refractivity contribution is 0.0179. The fourth-order valence-electron chi connectivity index (χ4n) is 2.97. The number of hydrogen-bond donors (Lipinski definition) is 2. The van der Waals surface area contributed by atoms with Crippen molar-refractivity contribution in [1.29, 1.82) is 0 Å². The van der Waals surface area contributed by atoms with E-state index in [1.54, 1.807) is 4.90 Å². The first-order valence-corrected chi connectivity index (χ1v) is 8.44. The molecule has 1 aliphatic rings. The van der Waals surface area contributed by atoms with Gasteiger partial charge >= 0.3 is 6.09 Å². The van der Waals surface area contributed by atoms with Gasteiger partial charge in [0.15, 0.2) is 0 Å². The van der Waals surface area contributed by atoms with Crippen molar-refractivity contribution in [3.8, 4) is 0 Å². The van der Waals surface area contributed by atoms with E-state index in [1.807, 2.05) is 40.9 Å². The largest absolute Gasteiger partial charge is 0.444 e. The molecular formula is C17H30N4O2. The first-order chi connectivity index (χ1) is 10.7. The molecule has 0 radical (unpaired) electrons. The molecule has 0 saturated heterocycles. The fourth-order valence-corrected chi connectivity index (χ4v) is 2.97. The Kier molecular flexibility index (Phi) is 5.68. The van der Waals surface area contributed by atoms with Crippen LogP contribution >= 0.6 is 0 Å². The van der Waals surface area contributed by atoms with Crippen molar-refractivity contribution >= 4 is 6.09 Å². The standard InChI is InChI=1S/C17H30N4O2/c1-12-18-10-14(20-12)11-19-13-6-8-15(9-7-13)21(5)16(22)23-17(2,3)4/h10,13,15,19H,6-9,11H2,1-5H3,(H,18,20). The van der Waals surface area contributed by atoms with E-state index in [2.05, 4.69) is 15.3 Å². The number of hydrogen-bond acceptors (Lipinski definition) is 4. The Labute approximate surface area is 139 Å². The van der Waals surface area contributed by atoms with Gasteiger partial charge in [0.25, 0.3) is 0 Å². The average Bonchev–Trinajstić information content (AvgIpc) is 2.89. The first kappa shape index (κ1) is 17.8. The van der Waals surface area contributed by atoms with Crippen LogP contribution in [0.15, 0.2) is 6.20 Å². The molecule has 0 unspecified atom stereocenters. The summed E-state index contributed by atoms with van der Waals surface area (Å²) in [6.07, 6.45) is 5.83. The van der Waals surface area contributed by atoms with Crippen molar-refractivity contribution in [3.63, 3.8) is 0 Å². The van der Waals surface area contributed by atoms with Gasteiger partial charge in [-0.2, -0.15) is 0 Å². The van der Waals surface area contributed by atoms with Gasteiger partial charge in [-0.15, -0.1) is 0 Å². The average molecular weight is 322 g/mol. The number of H-pyrrole nitrogens is 1. The van der Waals surface area contributed by atoms with E-state index in [9.17, 15) is 4.79 Å². The number of aromatic amines is 1. The van der Waals surface area contributed by atoms with Gasteiger partial charge in [-0.3, -0.25) is 0 Å². The van der Waals surface area contributed by atoms with Crippen LogP contribution in [0.3, 0.4) is 0 Å². The minimum atomic E-state index is -0.438. The van der Waals surface area contributed by atoms with Crippen LogP contribution in [0.5, 0.6) is 0 Å². The number of aromatic nitrogens is 2. The Balaban J connectivity index is 1.73. The molecule has 1 aliphatic carbocycles. The van der Waals surface area contributed by atoms with Crippen LogP contribution in [0.1, 0.15) is 58.0 Å². The highest BCUT2D eigenvalue weighted by atomic mass is 16.6. The number of imidazole rings is 1. The van der Waals surface area contributed by atoms with Crippen LogP contribution in [0.2, 0.25) is 0 Å². The third-order valence-corrected chi connectivity index (χ3v) is 4.26. The number of ether oxygens (including phenoxy) is 1. The van der Waals surface area contributed by atoms with Crippen LogP contribution in [0, 0.1) is 6.92 Å². The van der Waals surface area contributed by atoms with Crippen molar-refractivity contribution < 1.29 is 9.53 Å². The number of amides is 1. The van der Waals surface area contributed by atoms with Crippen LogP contribution in [0.25, 0.3) is 0 Å². The lowest BCUT2D eigenvalue weighted by Crippen LogP contribution is -2.44. The Morgan fingerprint density at radius 1 is 1.39 bits per heavy atom. The van der Waals surface area contributed by atoms with E-state index >= 15 is 0 Å². The van der Waals surface area contributed by atoms with Gasteiger partial charge in [0.2, 0.25) is 0 Å². The molecule has 2 N–H and O–H groups in total. The third-order valence-electron chi connectivity index (χ3n) is 4.26. The first-order valence-electron chi connectivity index (χ1n) is 8.44. The van der Waals surface area contributed by atoms with Crippen molar-refractivity contribution in [2.45, 2.75) is 77.6 Å². The lowest BCUT2D eigenvalue weighted by Gasteiger charge is -2.35. The molecule has 1 aromatic rings. The molecular weight excluding hydrogens is 292 g/mol. The monoisotopic (exact) mass is 322 g/mol. The van der Waals surface area contributed by atoms with E-state index in [0.717, 1.165) is 43.7 Å². The Bertz CT molecular complexity index is 513. The lowest BCUT2D eigenvalue weighted by atomic mass is 9.90. The van der Waals surface area contributed by atoms with Gasteiger partial charge < -0.3 is 19.9 Å². The Morgan fingerprint density at radius 2 is 2.04 bits per heavy atom. The number of carbonyl (C=O) groups is 1. The molecule has 130 valence electrons. The molecule has 0 spiro atoms. The maximum absolute atomic E-state index is 12.1. The van der Waals surface area contributed by atoms with E-state index in [1.165, 1.54) is 0 Å². The van der Waals surface area contributed by atoms with Gasteiger partial charge in [-0.1, -0.05) is 0 Å². The summed E-state index contributed by atoms with van der Waals surface area (Å²) in [4.78, 5) is 21.3. The second-order valence-electron chi connectivity index (χ2n) is 7.47. The number of aryl methyl sites for hydroxylation is 1. The molecule has 1 aromatic heterocycles. The predicted molar refractivity (Wildman–Crippen MR) is 90.2 cm³/mol. The molecule has 2 rings (SSSR count). The maximum atomic E-state index is 12.1.